The van der Waals surface area contributed by atoms with Gasteiger partial charge in [-0.3, -0.25) is 9.69 Å². The molecule has 0 radical (unpaired) electrons. The van der Waals surface area contributed by atoms with E-state index in [2.05, 4.69) is 11.9 Å². The molecule has 5 nitrogen and oxygen atoms in total. The van der Waals surface area contributed by atoms with E-state index in [1.807, 2.05) is 35.2 Å². The first-order chi connectivity index (χ1) is 12.6. The lowest BCUT2D eigenvalue weighted by Gasteiger charge is -2.29. The molecular formula is C21H32N2O3. The summed E-state index contributed by atoms with van der Waals surface area (Å²) in [5.41, 5.74) is -0.859. The van der Waals surface area contributed by atoms with Crippen LogP contribution >= 0.6 is 0 Å². The van der Waals surface area contributed by atoms with Gasteiger partial charge < -0.3 is 14.7 Å². The summed E-state index contributed by atoms with van der Waals surface area (Å²) in [6, 6.07) is 10.1. The molecule has 26 heavy (non-hydrogen) atoms. The number of benzene rings is 1. The van der Waals surface area contributed by atoms with Gasteiger partial charge in [-0.25, -0.2) is 0 Å². The molecule has 1 unspecified atom stereocenters. The molecule has 0 aromatic heterocycles. The van der Waals surface area contributed by atoms with Crippen LogP contribution < -0.4 is 4.74 Å². The van der Waals surface area contributed by atoms with Gasteiger partial charge in [0.25, 0.3) is 0 Å². The minimum Gasteiger partial charge on any atom is -0.491 e. The van der Waals surface area contributed by atoms with Gasteiger partial charge in [0.05, 0.1) is 6.54 Å². The highest BCUT2D eigenvalue weighted by atomic mass is 16.5. The Bertz CT molecular complexity index is 574. The molecule has 1 saturated carbocycles. The van der Waals surface area contributed by atoms with Crippen molar-refractivity contribution < 1.29 is 14.6 Å². The topological polar surface area (TPSA) is 53.0 Å². The van der Waals surface area contributed by atoms with E-state index in [1.54, 1.807) is 0 Å². The van der Waals surface area contributed by atoms with Crippen molar-refractivity contribution >= 4 is 5.91 Å². The Morgan fingerprint density at radius 2 is 1.92 bits per heavy atom. The average Bonchev–Trinajstić information content (AvgIpc) is 3.11. The van der Waals surface area contributed by atoms with Gasteiger partial charge >= 0.3 is 0 Å². The Morgan fingerprint density at radius 3 is 2.65 bits per heavy atom. The third-order valence-electron chi connectivity index (χ3n) is 5.85. The van der Waals surface area contributed by atoms with Crippen LogP contribution in [0.5, 0.6) is 5.75 Å². The Balaban J connectivity index is 1.48. The summed E-state index contributed by atoms with van der Waals surface area (Å²) in [5, 5.41) is 10.9. The van der Waals surface area contributed by atoms with Crippen molar-refractivity contribution in [3.05, 3.63) is 30.3 Å². The fourth-order valence-corrected chi connectivity index (χ4v) is 4.09. The standard InChI is InChI=1S/C21H32N2O3/c1-22(18-8-5-6-9-18)16-20(24)23-14-7-12-21(25,13-15-23)17-26-19-10-3-2-4-11-19/h2-4,10-11,18,25H,5-9,12-17H2,1H3. The number of likely N-dealkylation sites (tertiary alicyclic amines) is 1. The number of ether oxygens (including phenoxy) is 1. The predicted molar refractivity (Wildman–Crippen MR) is 102 cm³/mol. The van der Waals surface area contributed by atoms with Crippen molar-refractivity contribution in [3.8, 4) is 5.75 Å². The molecule has 1 aliphatic heterocycles. The van der Waals surface area contributed by atoms with Crippen molar-refractivity contribution in [1.82, 2.24) is 9.80 Å². The molecular weight excluding hydrogens is 328 g/mol. The summed E-state index contributed by atoms with van der Waals surface area (Å²) < 4.78 is 5.77. The molecule has 1 atom stereocenters. The van der Waals surface area contributed by atoms with Crippen LogP contribution in [0.2, 0.25) is 0 Å². The number of carbonyl (C=O) groups is 1. The Kier molecular flexibility index (Phi) is 6.54. The van der Waals surface area contributed by atoms with Gasteiger partial charge in [0, 0.05) is 19.1 Å². The second-order valence-electron chi connectivity index (χ2n) is 7.91. The lowest BCUT2D eigenvalue weighted by molar-refractivity contribution is -0.132. The van der Waals surface area contributed by atoms with Gasteiger partial charge in [-0.1, -0.05) is 31.0 Å². The molecule has 1 N–H and O–H groups in total. The number of hydrogen-bond donors (Lipinski definition) is 1. The second kappa shape index (κ2) is 8.87. The zero-order valence-corrected chi connectivity index (χ0v) is 15.9. The van der Waals surface area contributed by atoms with E-state index in [0.29, 0.717) is 32.0 Å². The minimum absolute atomic E-state index is 0.188. The molecule has 0 bridgehead atoms. The van der Waals surface area contributed by atoms with Gasteiger partial charge in [-0.2, -0.15) is 0 Å². The summed E-state index contributed by atoms with van der Waals surface area (Å²) >= 11 is 0. The first-order valence-electron chi connectivity index (χ1n) is 9.94. The van der Waals surface area contributed by atoms with Crippen molar-refractivity contribution in [2.24, 2.45) is 0 Å². The van der Waals surface area contributed by atoms with Gasteiger partial charge in [-0.15, -0.1) is 0 Å². The van der Waals surface area contributed by atoms with Crippen LogP contribution in [0.25, 0.3) is 0 Å². The summed E-state index contributed by atoms with van der Waals surface area (Å²) in [6.45, 7) is 2.10. The highest BCUT2D eigenvalue weighted by Crippen LogP contribution is 2.25. The number of amides is 1. The van der Waals surface area contributed by atoms with Crippen molar-refractivity contribution in [3.63, 3.8) is 0 Å². The molecule has 1 aromatic carbocycles. The predicted octanol–water partition coefficient (Wildman–Crippen LogP) is 2.68. The van der Waals surface area contributed by atoms with Crippen LogP contribution in [0, 0.1) is 0 Å². The summed E-state index contributed by atoms with van der Waals surface area (Å²) in [4.78, 5) is 16.8. The maximum absolute atomic E-state index is 12.7. The third kappa shape index (κ3) is 5.21. The van der Waals surface area contributed by atoms with Gasteiger partial charge in [0.1, 0.15) is 18.0 Å². The van der Waals surface area contributed by atoms with Gasteiger partial charge in [0.2, 0.25) is 5.91 Å². The molecule has 1 aromatic rings. The first kappa shape index (κ1) is 19.2. The molecule has 1 heterocycles. The zero-order valence-electron chi connectivity index (χ0n) is 15.9. The SMILES string of the molecule is CN(CC(=O)N1CCCC(O)(COc2ccccc2)CC1)C1CCCC1. The maximum Gasteiger partial charge on any atom is 0.236 e. The number of rotatable bonds is 6. The Labute approximate surface area is 156 Å². The van der Waals surface area contributed by atoms with Crippen LogP contribution in [0.3, 0.4) is 0 Å². The van der Waals surface area contributed by atoms with E-state index in [0.717, 1.165) is 18.7 Å². The van der Waals surface area contributed by atoms with E-state index in [4.69, 9.17) is 4.74 Å². The molecule has 144 valence electrons. The fraction of sp³-hybridized carbons (Fsp3) is 0.667. The number of para-hydroxylation sites is 1. The van der Waals surface area contributed by atoms with E-state index >= 15 is 0 Å². The molecule has 2 aliphatic rings. The van der Waals surface area contributed by atoms with Crippen LogP contribution in [-0.2, 0) is 4.79 Å². The molecule has 1 amide bonds. The molecule has 1 aliphatic carbocycles. The van der Waals surface area contributed by atoms with E-state index < -0.39 is 5.60 Å². The highest BCUT2D eigenvalue weighted by Gasteiger charge is 2.33. The fourth-order valence-electron chi connectivity index (χ4n) is 4.09. The Hall–Kier alpha value is -1.59. The Morgan fingerprint density at radius 1 is 1.19 bits per heavy atom. The highest BCUT2D eigenvalue weighted by molar-refractivity contribution is 5.78. The van der Waals surface area contributed by atoms with Crippen molar-refractivity contribution in [2.45, 2.75) is 56.6 Å². The van der Waals surface area contributed by atoms with E-state index in [-0.39, 0.29) is 12.5 Å². The largest absolute Gasteiger partial charge is 0.491 e. The number of carbonyl (C=O) groups excluding carboxylic acids is 1. The minimum atomic E-state index is -0.859. The molecule has 1 saturated heterocycles. The summed E-state index contributed by atoms with van der Waals surface area (Å²) in [7, 11) is 2.07. The van der Waals surface area contributed by atoms with E-state index in [9.17, 15) is 9.90 Å². The molecule has 3 rings (SSSR count). The van der Waals surface area contributed by atoms with Gasteiger partial charge in [-0.05, 0) is 51.3 Å². The second-order valence-corrected chi connectivity index (χ2v) is 7.91. The van der Waals surface area contributed by atoms with Crippen LogP contribution in [0.4, 0.5) is 0 Å². The monoisotopic (exact) mass is 360 g/mol. The number of nitrogens with zero attached hydrogens (tertiary/aromatic N) is 2. The quantitative estimate of drug-likeness (QED) is 0.847. The summed E-state index contributed by atoms with van der Waals surface area (Å²) in [5.74, 6) is 0.962. The normalized spacial score (nSPS) is 24.7. The zero-order chi connectivity index (χ0) is 18.4. The van der Waals surface area contributed by atoms with Crippen LogP contribution in [0.1, 0.15) is 44.9 Å². The number of aliphatic hydroxyl groups is 1. The third-order valence-corrected chi connectivity index (χ3v) is 5.85. The molecule has 5 heteroatoms. The molecule has 0 spiro atoms. The van der Waals surface area contributed by atoms with Crippen LogP contribution in [-0.4, -0.2) is 65.7 Å². The van der Waals surface area contributed by atoms with Crippen molar-refractivity contribution in [1.29, 1.82) is 0 Å². The lowest BCUT2D eigenvalue weighted by atomic mass is 9.96. The van der Waals surface area contributed by atoms with E-state index in [1.165, 1.54) is 25.7 Å². The lowest BCUT2D eigenvalue weighted by Crippen LogP contribution is -2.43. The average molecular weight is 360 g/mol. The number of hydrogen-bond acceptors (Lipinski definition) is 4. The maximum atomic E-state index is 12.7. The van der Waals surface area contributed by atoms with Crippen molar-refractivity contribution in [2.75, 3.05) is 33.3 Å². The van der Waals surface area contributed by atoms with Crippen LogP contribution in [0.15, 0.2) is 30.3 Å². The summed E-state index contributed by atoms with van der Waals surface area (Å²) in [6.07, 6.45) is 7.03. The number of likely N-dealkylation sites (N-methyl/N-ethyl adjacent to an activating group) is 1. The smallest absolute Gasteiger partial charge is 0.236 e. The molecule has 2 fully saturated rings. The first-order valence-corrected chi connectivity index (χ1v) is 9.94. The van der Waals surface area contributed by atoms with Gasteiger partial charge in [0.15, 0.2) is 0 Å².